The van der Waals surface area contributed by atoms with Gasteiger partial charge in [-0.2, -0.15) is 5.10 Å². The van der Waals surface area contributed by atoms with Crippen LogP contribution in [0.4, 0.5) is 19.4 Å². The number of carbonyl (C=O) groups excluding carboxylic acids is 1. The number of rotatable bonds is 5. The second kappa shape index (κ2) is 8.10. The van der Waals surface area contributed by atoms with E-state index in [4.69, 9.17) is 4.74 Å². The van der Waals surface area contributed by atoms with Gasteiger partial charge in [0.1, 0.15) is 17.5 Å². The minimum atomic E-state index is -1.08. The first-order valence-corrected chi connectivity index (χ1v) is 9.95. The van der Waals surface area contributed by atoms with E-state index in [0.717, 1.165) is 18.6 Å². The molecule has 3 aromatic rings. The first-order chi connectivity index (χ1) is 14.7. The molecule has 1 aromatic carbocycles. The number of hydrogen-bond acceptors (Lipinski definition) is 6. The fraction of sp³-hybridized carbons (Fsp3) is 0.381. The van der Waals surface area contributed by atoms with Crippen molar-refractivity contribution in [3.63, 3.8) is 0 Å². The van der Waals surface area contributed by atoms with Crippen LogP contribution in [0.1, 0.15) is 38.3 Å². The van der Waals surface area contributed by atoms with Gasteiger partial charge in [0.05, 0.1) is 17.8 Å². The Kier molecular flexibility index (Phi) is 5.48. The van der Waals surface area contributed by atoms with Crippen molar-refractivity contribution in [1.29, 1.82) is 0 Å². The van der Waals surface area contributed by atoms with Crippen LogP contribution in [0.15, 0.2) is 36.7 Å². The predicted octanol–water partition coefficient (Wildman–Crippen LogP) is 3.21. The molecule has 1 aliphatic rings. The second-order valence-corrected chi connectivity index (χ2v) is 8.14. The van der Waals surface area contributed by atoms with Gasteiger partial charge in [-0.3, -0.25) is 0 Å². The molecule has 0 aliphatic carbocycles. The van der Waals surface area contributed by atoms with Gasteiger partial charge in [0, 0.05) is 24.8 Å². The van der Waals surface area contributed by atoms with Crippen LogP contribution in [0.25, 0.3) is 5.65 Å². The molecule has 3 heterocycles. The fourth-order valence-corrected chi connectivity index (χ4v) is 3.63. The Labute approximate surface area is 177 Å². The summed E-state index contributed by atoms with van der Waals surface area (Å²) >= 11 is 0. The minimum absolute atomic E-state index is 0.0123. The lowest BCUT2D eigenvalue weighted by Crippen LogP contribution is -2.39. The molecule has 0 unspecified atom stereocenters. The number of ether oxygens (including phenoxy) is 1. The maximum absolute atomic E-state index is 14.4. The summed E-state index contributed by atoms with van der Waals surface area (Å²) in [6.07, 6.45) is 3.75. The third-order valence-electron chi connectivity index (χ3n) is 5.05. The van der Waals surface area contributed by atoms with Crippen LogP contribution in [0.2, 0.25) is 0 Å². The van der Waals surface area contributed by atoms with Crippen LogP contribution < -0.4 is 15.0 Å². The van der Waals surface area contributed by atoms with E-state index in [1.807, 2.05) is 4.90 Å². The van der Waals surface area contributed by atoms with E-state index in [-0.39, 0.29) is 23.9 Å². The monoisotopic (exact) mass is 431 g/mol. The molecule has 4 rings (SSSR count). The first kappa shape index (κ1) is 21.0. The van der Waals surface area contributed by atoms with Crippen LogP contribution in [0.3, 0.4) is 0 Å². The van der Waals surface area contributed by atoms with Gasteiger partial charge < -0.3 is 20.1 Å². The summed E-state index contributed by atoms with van der Waals surface area (Å²) in [7, 11) is 0. The summed E-state index contributed by atoms with van der Waals surface area (Å²) in [5.41, 5.74) is -0.487. The highest BCUT2D eigenvalue weighted by Gasteiger charge is 2.30. The van der Waals surface area contributed by atoms with E-state index >= 15 is 0 Å². The number of carbonyl (C=O) groups is 1. The standard InChI is InChI=1S/C21H23F2N5O3/c1-21(2,30)12-24-20(29)31-17-11-25-28-9-7-18(26-19(17)28)27-8-3-4-16(27)14-10-13(22)5-6-15(14)23/h5-7,9-11,16,30H,3-4,8,12H2,1-2H3,(H,24,29)/t16-/m1/s1. The van der Waals surface area contributed by atoms with Crippen molar-refractivity contribution in [2.24, 2.45) is 0 Å². The average molecular weight is 431 g/mol. The second-order valence-electron chi connectivity index (χ2n) is 8.14. The van der Waals surface area contributed by atoms with Crippen molar-refractivity contribution in [2.45, 2.75) is 38.3 Å². The van der Waals surface area contributed by atoms with Crippen LogP contribution >= 0.6 is 0 Å². The maximum Gasteiger partial charge on any atom is 0.412 e. The first-order valence-electron chi connectivity index (χ1n) is 9.95. The number of nitrogens with one attached hydrogen (secondary N) is 1. The lowest BCUT2D eigenvalue weighted by molar-refractivity contribution is 0.0792. The third kappa shape index (κ3) is 4.58. The summed E-state index contributed by atoms with van der Waals surface area (Å²) in [5, 5.41) is 16.3. The lowest BCUT2D eigenvalue weighted by atomic mass is 10.0. The minimum Gasteiger partial charge on any atom is -0.405 e. The summed E-state index contributed by atoms with van der Waals surface area (Å²) in [6, 6.07) is 4.83. The van der Waals surface area contributed by atoms with Gasteiger partial charge in [0.2, 0.25) is 5.65 Å². The highest BCUT2D eigenvalue weighted by atomic mass is 19.1. The lowest BCUT2D eigenvalue weighted by Gasteiger charge is -2.26. The molecule has 2 N–H and O–H groups in total. The topological polar surface area (TPSA) is 92.0 Å². The SMILES string of the molecule is CC(C)(O)CNC(=O)Oc1cnn2ccc(N3CCC[C@@H]3c3cc(F)ccc3F)nc12. The van der Waals surface area contributed by atoms with E-state index in [0.29, 0.717) is 24.4 Å². The van der Waals surface area contributed by atoms with Gasteiger partial charge in [0.15, 0.2) is 5.75 Å². The van der Waals surface area contributed by atoms with Crippen molar-refractivity contribution in [3.05, 3.63) is 53.9 Å². The Morgan fingerprint density at radius 3 is 2.94 bits per heavy atom. The summed E-state index contributed by atoms with van der Waals surface area (Å²) < 4.78 is 34.8. The van der Waals surface area contributed by atoms with Crippen LogP contribution in [-0.2, 0) is 0 Å². The smallest absolute Gasteiger partial charge is 0.405 e. The van der Waals surface area contributed by atoms with Gasteiger partial charge in [-0.1, -0.05) is 0 Å². The number of benzene rings is 1. The molecule has 164 valence electrons. The van der Waals surface area contributed by atoms with Crippen molar-refractivity contribution in [1.82, 2.24) is 19.9 Å². The molecule has 1 saturated heterocycles. The van der Waals surface area contributed by atoms with Gasteiger partial charge in [-0.25, -0.2) is 23.1 Å². The van der Waals surface area contributed by atoms with Crippen LogP contribution in [0.5, 0.6) is 5.75 Å². The molecule has 1 fully saturated rings. The molecule has 0 saturated carbocycles. The highest BCUT2D eigenvalue weighted by Crippen LogP contribution is 2.37. The summed E-state index contributed by atoms with van der Waals surface area (Å²) in [6.45, 7) is 3.76. The number of anilines is 1. The van der Waals surface area contributed by atoms with Crippen molar-refractivity contribution in [3.8, 4) is 5.75 Å². The summed E-state index contributed by atoms with van der Waals surface area (Å²) in [4.78, 5) is 18.5. The Balaban J connectivity index is 1.59. The number of amides is 1. The zero-order valence-corrected chi connectivity index (χ0v) is 17.2. The van der Waals surface area contributed by atoms with E-state index in [1.165, 1.54) is 16.8 Å². The number of aliphatic hydroxyl groups is 1. The molecule has 0 spiro atoms. The quantitative estimate of drug-likeness (QED) is 0.645. The predicted molar refractivity (Wildman–Crippen MR) is 109 cm³/mol. The number of halogens is 2. The molecule has 8 nitrogen and oxygen atoms in total. The van der Waals surface area contributed by atoms with Crippen molar-refractivity contribution >= 4 is 17.6 Å². The molecule has 1 atom stereocenters. The molecular formula is C21H23F2N5O3. The molecule has 2 aromatic heterocycles. The number of hydrogen-bond donors (Lipinski definition) is 2. The van der Waals surface area contributed by atoms with Crippen molar-refractivity contribution < 1.29 is 23.4 Å². The molecule has 0 bridgehead atoms. The zero-order chi connectivity index (χ0) is 22.2. The number of nitrogens with zero attached hydrogens (tertiary/aromatic N) is 4. The maximum atomic E-state index is 14.4. The largest absolute Gasteiger partial charge is 0.412 e. The van der Waals surface area contributed by atoms with Crippen LogP contribution in [-0.4, -0.2) is 44.5 Å². The fourth-order valence-electron chi connectivity index (χ4n) is 3.63. The number of aromatic nitrogens is 3. The molecular weight excluding hydrogens is 408 g/mol. The molecule has 10 heteroatoms. The molecule has 0 radical (unpaired) electrons. The van der Waals surface area contributed by atoms with Gasteiger partial charge in [0.25, 0.3) is 0 Å². The average Bonchev–Trinajstić information content (AvgIpc) is 3.35. The van der Waals surface area contributed by atoms with Gasteiger partial charge >= 0.3 is 6.09 Å². The van der Waals surface area contributed by atoms with Crippen LogP contribution in [0, 0.1) is 11.6 Å². The van der Waals surface area contributed by atoms with Gasteiger partial charge in [-0.05, 0) is 51.0 Å². The third-order valence-corrected chi connectivity index (χ3v) is 5.05. The Morgan fingerprint density at radius 2 is 2.16 bits per heavy atom. The van der Waals surface area contributed by atoms with Crippen molar-refractivity contribution in [2.75, 3.05) is 18.0 Å². The molecule has 1 amide bonds. The highest BCUT2D eigenvalue weighted by molar-refractivity contribution is 5.73. The van der Waals surface area contributed by atoms with E-state index in [1.54, 1.807) is 26.1 Å². The molecule has 1 aliphatic heterocycles. The normalized spacial score (nSPS) is 16.7. The Morgan fingerprint density at radius 1 is 1.35 bits per heavy atom. The van der Waals surface area contributed by atoms with E-state index in [2.05, 4.69) is 15.4 Å². The zero-order valence-electron chi connectivity index (χ0n) is 17.2. The number of fused-ring (bicyclic) bond motifs is 1. The van der Waals surface area contributed by atoms with Gasteiger partial charge in [-0.15, -0.1) is 0 Å². The van der Waals surface area contributed by atoms with E-state index in [9.17, 15) is 18.7 Å². The Hall–Kier alpha value is -3.27. The Bertz CT molecular complexity index is 1110. The summed E-state index contributed by atoms with van der Waals surface area (Å²) in [5.74, 6) is -0.268. The molecule has 31 heavy (non-hydrogen) atoms. The van der Waals surface area contributed by atoms with E-state index < -0.39 is 23.3 Å².